The third-order valence-corrected chi connectivity index (χ3v) is 5.57. The van der Waals surface area contributed by atoms with Gasteiger partial charge in [0.1, 0.15) is 13.3 Å². The molecule has 0 aliphatic carbocycles. The minimum Gasteiger partial charge on any atom is -0.334 e. The van der Waals surface area contributed by atoms with Crippen molar-refractivity contribution in [3.05, 3.63) is 84.9 Å². The largest absolute Gasteiger partial charge is 0.334 e. The van der Waals surface area contributed by atoms with Crippen molar-refractivity contribution < 1.29 is 0 Å². The van der Waals surface area contributed by atoms with Crippen LogP contribution in [-0.2, 0) is 6.67 Å². The predicted molar refractivity (Wildman–Crippen MR) is 103 cm³/mol. The molecule has 126 valence electrons. The number of anilines is 1. The van der Waals surface area contributed by atoms with Crippen LogP contribution in [0.1, 0.15) is 16.7 Å². The lowest BCUT2D eigenvalue weighted by Crippen LogP contribution is -2.42. The highest BCUT2D eigenvalue weighted by atomic mass is 32.1. The maximum Gasteiger partial charge on any atom is 0.271 e. The van der Waals surface area contributed by atoms with Gasteiger partial charge in [-0.25, -0.2) is 4.99 Å². The standard InChI is InChI=1S/C20H19N3OS/c1-14-8-9-17(10-15(14)2)22-12-21-20-23(13-22)19(24)18(25-20)11-16-6-4-3-5-7-16/h3-11H,12-13H2,1-2H3/b18-11-. The second-order valence-electron chi connectivity index (χ2n) is 6.29. The summed E-state index contributed by atoms with van der Waals surface area (Å²) in [5.41, 5.74) is 4.68. The molecule has 2 aromatic carbocycles. The van der Waals surface area contributed by atoms with Crippen LogP contribution in [0.15, 0.2) is 58.3 Å². The molecular formula is C20H19N3OS. The van der Waals surface area contributed by atoms with Gasteiger partial charge >= 0.3 is 0 Å². The highest BCUT2D eigenvalue weighted by molar-refractivity contribution is 7.07. The van der Waals surface area contributed by atoms with Crippen molar-refractivity contribution >= 4 is 23.1 Å². The van der Waals surface area contributed by atoms with Crippen LogP contribution < -0.4 is 19.8 Å². The average molecular weight is 349 g/mol. The molecule has 0 spiro atoms. The van der Waals surface area contributed by atoms with E-state index < -0.39 is 0 Å². The van der Waals surface area contributed by atoms with Gasteiger partial charge in [0.05, 0.1) is 4.53 Å². The van der Waals surface area contributed by atoms with E-state index >= 15 is 0 Å². The normalized spacial score (nSPS) is 14.3. The lowest BCUT2D eigenvalue weighted by molar-refractivity contribution is 0.569. The van der Waals surface area contributed by atoms with E-state index in [1.54, 1.807) is 4.57 Å². The summed E-state index contributed by atoms with van der Waals surface area (Å²) in [7, 11) is 0. The van der Waals surface area contributed by atoms with Crippen LogP contribution in [0.25, 0.3) is 6.08 Å². The van der Waals surface area contributed by atoms with Crippen LogP contribution >= 0.6 is 11.3 Å². The fourth-order valence-electron chi connectivity index (χ4n) is 2.90. The summed E-state index contributed by atoms with van der Waals surface area (Å²) in [6, 6.07) is 16.3. The number of hydrogen-bond donors (Lipinski definition) is 0. The Balaban J connectivity index is 1.72. The molecule has 4 rings (SSSR count). The van der Waals surface area contributed by atoms with Crippen molar-refractivity contribution in [3.63, 3.8) is 0 Å². The molecule has 1 aliphatic rings. The lowest BCUT2D eigenvalue weighted by Gasteiger charge is -2.26. The Morgan fingerprint density at radius 2 is 1.88 bits per heavy atom. The van der Waals surface area contributed by atoms with Crippen LogP contribution in [0.2, 0.25) is 0 Å². The molecule has 2 heterocycles. The number of hydrogen-bond acceptors (Lipinski definition) is 4. The van der Waals surface area contributed by atoms with E-state index in [0.29, 0.717) is 13.3 Å². The van der Waals surface area contributed by atoms with E-state index in [2.05, 4.69) is 41.9 Å². The minimum absolute atomic E-state index is 0.0288. The fraction of sp³-hybridized carbons (Fsp3) is 0.200. The number of rotatable bonds is 2. The van der Waals surface area contributed by atoms with Gasteiger partial charge in [0, 0.05) is 5.69 Å². The third kappa shape index (κ3) is 3.03. The van der Waals surface area contributed by atoms with E-state index in [1.165, 1.54) is 22.5 Å². The Labute approximate surface area is 150 Å². The molecule has 4 nitrogen and oxygen atoms in total. The topological polar surface area (TPSA) is 37.6 Å². The molecule has 25 heavy (non-hydrogen) atoms. The smallest absolute Gasteiger partial charge is 0.271 e. The van der Waals surface area contributed by atoms with Crippen molar-refractivity contribution in [1.29, 1.82) is 0 Å². The van der Waals surface area contributed by atoms with Gasteiger partial charge in [0.15, 0.2) is 4.80 Å². The van der Waals surface area contributed by atoms with Crippen LogP contribution in [0.4, 0.5) is 5.69 Å². The second-order valence-corrected chi connectivity index (χ2v) is 7.30. The highest BCUT2D eigenvalue weighted by Gasteiger charge is 2.16. The molecule has 0 saturated heterocycles. The summed E-state index contributed by atoms with van der Waals surface area (Å²) in [6.45, 7) is 5.33. The first-order valence-electron chi connectivity index (χ1n) is 8.25. The summed E-state index contributed by atoms with van der Waals surface area (Å²) in [5.74, 6) is 0. The summed E-state index contributed by atoms with van der Waals surface area (Å²) in [4.78, 5) is 20.3. The van der Waals surface area contributed by atoms with Crippen molar-refractivity contribution in [1.82, 2.24) is 4.57 Å². The Kier molecular flexibility index (Phi) is 4.01. The van der Waals surface area contributed by atoms with E-state index in [0.717, 1.165) is 20.6 Å². The molecular weight excluding hydrogens is 330 g/mol. The summed E-state index contributed by atoms with van der Waals surface area (Å²) in [6.07, 6.45) is 1.94. The third-order valence-electron chi connectivity index (χ3n) is 4.53. The van der Waals surface area contributed by atoms with E-state index in [-0.39, 0.29) is 5.56 Å². The quantitative estimate of drug-likeness (QED) is 0.713. The SMILES string of the molecule is Cc1ccc(N2CN=c3s/c(=C\c4ccccc4)c(=O)n3C2)cc1C. The summed E-state index contributed by atoms with van der Waals surface area (Å²) < 4.78 is 2.49. The molecule has 0 fully saturated rings. The Hall–Kier alpha value is -2.66. The average Bonchev–Trinajstić information content (AvgIpc) is 2.94. The van der Waals surface area contributed by atoms with Gasteiger partial charge < -0.3 is 4.90 Å². The second kappa shape index (κ2) is 6.33. The monoisotopic (exact) mass is 349 g/mol. The highest BCUT2D eigenvalue weighted by Crippen LogP contribution is 2.19. The van der Waals surface area contributed by atoms with Gasteiger partial charge in [-0.3, -0.25) is 9.36 Å². The van der Waals surface area contributed by atoms with Crippen LogP contribution in [-0.4, -0.2) is 11.2 Å². The Morgan fingerprint density at radius 1 is 1.08 bits per heavy atom. The van der Waals surface area contributed by atoms with Gasteiger partial charge in [0.25, 0.3) is 5.56 Å². The van der Waals surface area contributed by atoms with Crippen molar-refractivity contribution in [2.24, 2.45) is 4.99 Å². The molecule has 0 saturated carbocycles. The molecule has 5 heteroatoms. The van der Waals surface area contributed by atoms with Gasteiger partial charge in [-0.1, -0.05) is 47.7 Å². The number of benzene rings is 2. The van der Waals surface area contributed by atoms with Crippen molar-refractivity contribution in [2.75, 3.05) is 11.6 Å². The molecule has 0 atom stereocenters. The maximum atomic E-state index is 12.8. The van der Waals surface area contributed by atoms with Gasteiger partial charge in [0.2, 0.25) is 0 Å². The van der Waals surface area contributed by atoms with Crippen molar-refractivity contribution in [3.8, 4) is 0 Å². The Morgan fingerprint density at radius 3 is 2.64 bits per heavy atom. The molecule has 1 aromatic heterocycles. The Bertz CT molecular complexity index is 1100. The number of aromatic nitrogens is 1. The molecule has 0 radical (unpaired) electrons. The number of thiazole rings is 1. The lowest BCUT2D eigenvalue weighted by atomic mass is 10.1. The van der Waals surface area contributed by atoms with E-state index in [1.807, 2.05) is 36.4 Å². The zero-order valence-corrected chi connectivity index (χ0v) is 15.1. The minimum atomic E-state index is 0.0288. The summed E-state index contributed by atoms with van der Waals surface area (Å²) >= 11 is 1.46. The number of fused-ring (bicyclic) bond motifs is 1. The van der Waals surface area contributed by atoms with Crippen LogP contribution in [0.3, 0.4) is 0 Å². The van der Waals surface area contributed by atoms with Gasteiger partial charge in [-0.2, -0.15) is 0 Å². The van der Waals surface area contributed by atoms with Gasteiger partial charge in [-0.15, -0.1) is 0 Å². The summed E-state index contributed by atoms with van der Waals surface area (Å²) in [5, 5.41) is 0. The molecule has 3 aromatic rings. The van der Waals surface area contributed by atoms with Crippen LogP contribution in [0, 0.1) is 13.8 Å². The first kappa shape index (κ1) is 15.8. The predicted octanol–water partition coefficient (Wildman–Crippen LogP) is 2.41. The maximum absolute atomic E-state index is 12.8. The zero-order chi connectivity index (χ0) is 17.4. The number of aryl methyl sites for hydroxylation is 2. The first-order valence-corrected chi connectivity index (χ1v) is 9.06. The molecule has 1 aliphatic heterocycles. The van der Waals surface area contributed by atoms with E-state index in [4.69, 9.17) is 0 Å². The van der Waals surface area contributed by atoms with Crippen molar-refractivity contribution in [2.45, 2.75) is 20.5 Å². The first-order chi connectivity index (χ1) is 12.1. The fourth-order valence-corrected chi connectivity index (χ4v) is 3.86. The van der Waals surface area contributed by atoms with E-state index in [9.17, 15) is 4.79 Å². The van der Waals surface area contributed by atoms with Crippen LogP contribution in [0.5, 0.6) is 0 Å². The molecule has 0 amide bonds. The van der Waals surface area contributed by atoms with Gasteiger partial charge in [-0.05, 0) is 48.7 Å². The molecule has 0 unspecified atom stereocenters. The molecule has 0 bridgehead atoms. The zero-order valence-electron chi connectivity index (χ0n) is 14.3. The molecule has 0 N–H and O–H groups in total. The number of nitrogens with zero attached hydrogens (tertiary/aromatic N) is 3.